The van der Waals surface area contributed by atoms with E-state index in [0.29, 0.717) is 6.61 Å². The normalized spacial score (nSPS) is 19.5. The first-order valence-corrected chi connectivity index (χ1v) is 8.35. The monoisotopic (exact) mass is 316 g/mol. The first-order chi connectivity index (χ1) is 11.2. The number of para-hydroxylation sites is 1. The second-order valence-corrected chi connectivity index (χ2v) is 6.03. The standard InChI is InChI=1S/C18H24N2O3/c1-3-22-15-8-4-6-13-10-16(23-17(13)15)12(2)20-18(21)14-7-5-9-19-11-14/h4,6,8,10,12,14,19H,3,5,7,9,11H2,1-2H3,(H,20,21). The number of hydrogen-bond donors (Lipinski definition) is 2. The van der Waals surface area contributed by atoms with Gasteiger partial charge in [0.1, 0.15) is 5.76 Å². The Hall–Kier alpha value is -2.01. The highest BCUT2D eigenvalue weighted by Gasteiger charge is 2.23. The maximum absolute atomic E-state index is 12.3. The van der Waals surface area contributed by atoms with Crippen LogP contribution in [0.3, 0.4) is 0 Å². The smallest absolute Gasteiger partial charge is 0.224 e. The second kappa shape index (κ2) is 7.04. The van der Waals surface area contributed by atoms with Crippen LogP contribution in [0.15, 0.2) is 28.7 Å². The van der Waals surface area contributed by atoms with E-state index in [1.807, 2.05) is 38.1 Å². The molecule has 5 nitrogen and oxygen atoms in total. The van der Waals surface area contributed by atoms with E-state index in [1.54, 1.807) is 0 Å². The number of carbonyl (C=O) groups is 1. The van der Waals surface area contributed by atoms with Gasteiger partial charge >= 0.3 is 0 Å². The molecule has 2 heterocycles. The molecule has 1 amide bonds. The van der Waals surface area contributed by atoms with Crippen molar-refractivity contribution in [1.82, 2.24) is 10.6 Å². The van der Waals surface area contributed by atoms with Gasteiger partial charge in [0.2, 0.25) is 5.91 Å². The molecule has 0 aliphatic carbocycles. The van der Waals surface area contributed by atoms with E-state index in [1.165, 1.54) is 0 Å². The van der Waals surface area contributed by atoms with E-state index < -0.39 is 0 Å². The van der Waals surface area contributed by atoms with E-state index in [0.717, 1.165) is 48.4 Å². The number of carbonyl (C=O) groups excluding carboxylic acids is 1. The lowest BCUT2D eigenvalue weighted by atomic mass is 9.98. The van der Waals surface area contributed by atoms with Crippen LogP contribution in [0.25, 0.3) is 11.0 Å². The quantitative estimate of drug-likeness (QED) is 0.890. The van der Waals surface area contributed by atoms with Crippen molar-refractivity contribution in [1.29, 1.82) is 0 Å². The number of furan rings is 1. The summed E-state index contributed by atoms with van der Waals surface area (Å²) in [6.07, 6.45) is 2.00. The van der Waals surface area contributed by atoms with Crippen LogP contribution in [0.1, 0.15) is 38.5 Å². The van der Waals surface area contributed by atoms with Gasteiger partial charge in [0.15, 0.2) is 11.3 Å². The van der Waals surface area contributed by atoms with Crippen molar-refractivity contribution in [3.8, 4) is 5.75 Å². The van der Waals surface area contributed by atoms with E-state index >= 15 is 0 Å². The summed E-state index contributed by atoms with van der Waals surface area (Å²) in [4.78, 5) is 12.3. The number of rotatable bonds is 5. The molecule has 0 bridgehead atoms. The van der Waals surface area contributed by atoms with Crippen LogP contribution in [-0.2, 0) is 4.79 Å². The number of fused-ring (bicyclic) bond motifs is 1. The maximum Gasteiger partial charge on any atom is 0.224 e. The molecule has 2 atom stereocenters. The Balaban J connectivity index is 1.74. The molecule has 1 aromatic carbocycles. The zero-order valence-corrected chi connectivity index (χ0v) is 13.7. The van der Waals surface area contributed by atoms with Crippen molar-refractivity contribution in [3.05, 3.63) is 30.0 Å². The lowest BCUT2D eigenvalue weighted by molar-refractivity contribution is -0.126. The third-order valence-corrected chi connectivity index (χ3v) is 4.28. The van der Waals surface area contributed by atoms with Crippen LogP contribution in [-0.4, -0.2) is 25.6 Å². The molecule has 3 rings (SSSR count). The predicted octanol–water partition coefficient (Wildman–Crippen LogP) is 3.01. The van der Waals surface area contributed by atoms with Crippen molar-refractivity contribution in [2.24, 2.45) is 5.92 Å². The molecule has 1 aromatic heterocycles. The van der Waals surface area contributed by atoms with Gasteiger partial charge in [-0.2, -0.15) is 0 Å². The maximum atomic E-state index is 12.3. The van der Waals surface area contributed by atoms with Crippen molar-refractivity contribution in [2.45, 2.75) is 32.7 Å². The lowest BCUT2D eigenvalue weighted by Gasteiger charge is -2.23. The van der Waals surface area contributed by atoms with Crippen LogP contribution in [0.4, 0.5) is 0 Å². The van der Waals surface area contributed by atoms with Gasteiger partial charge in [0, 0.05) is 11.9 Å². The Kier molecular flexibility index (Phi) is 4.86. The minimum absolute atomic E-state index is 0.0505. The first kappa shape index (κ1) is 15.9. The van der Waals surface area contributed by atoms with Crippen molar-refractivity contribution >= 4 is 16.9 Å². The molecule has 1 aliphatic heterocycles. The second-order valence-electron chi connectivity index (χ2n) is 6.03. The fourth-order valence-electron chi connectivity index (χ4n) is 3.02. The number of benzene rings is 1. The van der Waals surface area contributed by atoms with Gasteiger partial charge in [0.05, 0.1) is 18.6 Å². The Morgan fingerprint density at radius 2 is 2.39 bits per heavy atom. The van der Waals surface area contributed by atoms with Crippen LogP contribution < -0.4 is 15.4 Å². The zero-order valence-electron chi connectivity index (χ0n) is 13.7. The highest BCUT2D eigenvalue weighted by atomic mass is 16.5. The Bertz CT molecular complexity index is 674. The average molecular weight is 316 g/mol. The summed E-state index contributed by atoms with van der Waals surface area (Å²) in [7, 11) is 0. The molecule has 2 unspecified atom stereocenters. The van der Waals surface area contributed by atoms with Gasteiger partial charge in [-0.15, -0.1) is 0 Å². The summed E-state index contributed by atoms with van der Waals surface area (Å²) in [6.45, 7) is 6.25. The largest absolute Gasteiger partial charge is 0.490 e. The Morgan fingerprint density at radius 1 is 1.52 bits per heavy atom. The summed E-state index contributed by atoms with van der Waals surface area (Å²) in [5, 5.41) is 7.33. The molecule has 0 saturated carbocycles. The Morgan fingerprint density at radius 3 is 3.13 bits per heavy atom. The van der Waals surface area contributed by atoms with Crippen LogP contribution >= 0.6 is 0 Å². The molecule has 0 radical (unpaired) electrons. The third-order valence-electron chi connectivity index (χ3n) is 4.28. The molecular weight excluding hydrogens is 292 g/mol. The predicted molar refractivity (Wildman–Crippen MR) is 89.5 cm³/mol. The van der Waals surface area contributed by atoms with Gasteiger partial charge in [-0.1, -0.05) is 12.1 Å². The molecule has 23 heavy (non-hydrogen) atoms. The molecule has 0 spiro atoms. The van der Waals surface area contributed by atoms with Gasteiger partial charge in [-0.25, -0.2) is 0 Å². The number of ether oxygens (including phenoxy) is 1. The highest BCUT2D eigenvalue weighted by molar-refractivity contribution is 5.84. The number of piperidine rings is 1. The summed E-state index contributed by atoms with van der Waals surface area (Å²) >= 11 is 0. The average Bonchev–Trinajstić information content (AvgIpc) is 3.01. The molecule has 1 aliphatic rings. The fourth-order valence-corrected chi connectivity index (χ4v) is 3.02. The minimum atomic E-state index is -0.161. The molecule has 5 heteroatoms. The number of nitrogens with one attached hydrogen (secondary N) is 2. The van der Waals surface area contributed by atoms with E-state index in [-0.39, 0.29) is 17.9 Å². The van der Waals surface area contributed by atoms with E-state index in [4.69, 9.17) is 9.15 Å². The van der Waals surface area contributed by atoms with Crippen molar-refractivity contribution in [3.63, 3.8) is 0 Å². The summed E-state index contributed by atoms with van der Waals surface area (Å²) in [5.74, 6) is 1.64. The molecule has 2 N–H and O–H groups in total. The van der Waals surface area contributed by atoms with E-state index in [9.17, 15) is 4.79 Å². The molecule has 1 saturated heterocycles. The lowest BCUT2D eigenvalue weighted by Crippen LogP contribution is -2.41. The molecular formula is C18H24N2O3. The number of hydrogen-bond acceptors (Lipinski definition) is 4. The fraction of sp³-hybridized carbons (Fsp3) is 0.500. The van der Waals surface area contributed by atoms with Gasteiger partial charge in [-0.05, 0) is 45.4 Å². The summed E-state index contributed by atoms with van der Waals surface area (Å²) < 4.78 is 11.5. The SMILES string of the molecule is CCOc1cccc2cc(C(C)NC(=O)C3CCCNC3)oc12. The zero-order chi connectivity index (χ0) is 16.2. The van der Waals surface area contributed by atoms with Crippen LogP contribution in [0.2, 0.25) is 0 Å². The molecule has 124 valence electrons. The third kappa shape index (κ3) is 3.50. The molecule has 2 aromatic rings. The van der Waals surface area contributed by atoms with Crippen LogP contribution in [0.5, 0.6) is 5.75 Å². The van der Waals surface area contributed by atoms with Crippen molar-refractivity contribution < 1.29 is 13.9 Å². The topological polar surface area (TPSA) is 63.5 Å². The van der Waals surface area contributed by atoms with E-state index in [2.05, 4.69) is 10.6 Å². The van der Waals surface area contributed by atoms with Crippen LogP contribution in [0, 0.1) is 5.92 Å². The highest BCUT2D eigenvalue weighted by Crippen LogP contribution is 2.31. The van der Waals surface area contributed by atoms with Gasteiger partial charge < -0.3 is 19.8 Å². The molecule has 1 fully saturated rings. The first-order valence-electron chi connectivity index (χ1n) is 8.35. The summed E-state index contributed by atoms with van der Waals surface area (Å²) in [6, 6.07) is 7.65. The van der Waals surface area contributed by atoms with Crippen molar-refractivity contribution in [2.75, 3.05) is 19.7 Å². The number of amides is 1. The van der Waals surface area contributed by atoms with Gasteiger partial charge in [-0.3, -0.25) is 4.79 Å². The minimum Gasteiger partial charge on any atom is -0.490 e. The Labute approximate surface area is 136 Å². The summed E-state index contributed by atoms with van der Waals surface area (Å²) in [5.41, 5.74) is 0.741. The van der Waals surface area contributed by atoms with Gasteiger partial charge in [0.25, 0.3) is 0 Å².